The van der Waals surface area contributed by atoms with Gasteiger partial charge in [0.15, 0.2) is 0 Å². The normalized spacial score (nSPS) is 16.7. The standard InChI is InChI=1S/C13H19NO3/c1-15-8-9-4-5-10(16-2)11(12(9)17-3)13(14)6-7-13/h4-5H,6-8,14H2,1-3H3. The highest BCUT2D eigenvalue weighted by Gasteiger charge is 2.45. The van der Waals surface area contributed by atoms with Crippen molar-refractivity contribution in [3.63, 3.8) is 0 Å². The van der Waals surface area contributed by atoms with Gasteiger partial charge in [0.2, 0.25) is 0 Å². The molecular weight excluding hydrogens is 218 g/mol. The zero-order chi connectivity index (χ0) is 12.5. The van der Waals surface area contributed by atoms with Crippen molar-refractivity contribution in [2.45, 2.75) is 25.0 Å². The first-order valence-electron chi connectivity index (χ1n) is 5.68. The molecule has 1 saturated carbocycles. The van der Waals surface area contributed by atoms with Gasteiger partial charge in [-0.1, -0.05) is 0 Å². The van der Waals surface area contributed by atoms with Crippen molar-refractivity contribution in [3.8, 4) is 11.5 Å². The van der Waals surface area contributed by atoms with Gasteiger partial charge in [-0.2, -0.15) is 0 Å². The molecule has 0 bridgehead atoms. The van der Waals surface area contributed by atoms with Crippen LogP contribution in [-0.4, -0.2) is 21.3 Å². The summed E-state index contributed by atoms with van der Waals surface area (Å²) in [4.78, 5) is 0. The molecule has 0 radical (unpaired) electrons. The maximum atomic E-state index is 6.28. The van der Waals surface area contributed by atoms with Gasteiger partial charge >= 0.3 is 0 Å². The molecule has 0 spiro atoms. The molecule has 2 N–H and O–H groups in total. The number of methoxy groups -OCH3 is 3. The van der Waals surface area contributed by atoms with Gasteiger partial charge in [0.25, 0.3) is 0 Å². The average molecular weight is 237 g/mol. The van der Waals surface area contributed by atoms with Crippen LogP contribution in [0.3, 0.4) is 0 Å². The summed E-state index contributed by atoms with van der Waals surface area (Å²) in [6.07, 6.45) is 1.94. The van der Waals surface area contributed by atoms with Crippen LogP contribution in [0.4, 0.5) is 0 Å². The van der Waals surface area contributed by atoms with Crippen molar-refractivity contribution in [1.29, 1.82) is 0 Å². The Bertz CT molecular complexity index is 413. The molecule has 1 aromatic carbocycles. The van der Waals surface area contributed by atoms with Crippen LogP contribution in [0.15, 0.2) is 12.1 Å². The lowest BCUT2D eigenvalue weighted by Gasteiger charge is -2.20. The zero-order valence-electron chi connectivity index (χ0n) is 10.6. The quantitative estimate of drug-likeness (QED) is 0.848. The Kier molecular flexibility index (Phi) is 3.26. The van der Waals surface area contributed by atoms with Gasteiger partial charge in [0, 0.05) is 18.2 Å². The third-order valence-electron chi connectivity index (χ3n) is 3.21. The summed E-state index contributed by atoms with van der Waals surface area (Å²) in [6.45, 7) is 0.510. The van der Waals surface area contributed by atoms with Gasteiger partial charge < -0.3 is 19.9 Å². The van der Waals surface area contributed by atoms with E-state index in [1.807, 2.05) is 12.1 Å². The van der Waals surface area contributed by atoms with Crippen LogP contribution < -0.4 is 15.2 Å². The van der Waals surface area contributed by atoms with E-state index in [0.29, 0.717) is 6.61 Å². The summed E-state index contributed by atoms with van der Waals surface area (Å²) in [7, 11) is 4.97. The predicted octanol–water partition coefficient (Wildman–Crippen LogP) is 1.80. The molecule has 1 aliphatic rings. The molecule has 0 aromatic heterocycles. The Morgan fingerprint density at radius 3 is 2.35 bits per heavy atom. The van der Waals surface area contributed by atoms with E-state index in [0.717, 1.165) is 35.5 Å². The monoisotopic (exact) mass is 237 g/mol. The summed E-state index contributed by atoms with van der Waals surface area (Å²) in [5, 5.41) is 0. The van der Waals surface area contributed by atoms with Crippen LogP contribution in [0, 0.1) is 0 Å². The summed E-state index contributed by atoms with van der Waals surface area (Å²) < 4.78 is 16.1. The second-order valence-corrected chi connectivity index (χ2v) is 4.42. The molecule has 2 rings (SSSR count). The maximum Gasteiger partial charge on any atom is 0.133 e. The molecule has 0 aliphatic heterocycles. The first-order valence-corrected chi connectivity index (χ1v) is 5.68. The van der Waals surface area contributed by atoms with E-state index in [4.69, 9.17) is 19.9 Å². The summed E-state index contributed by atoms with van der Waals surface area (Å²) in [5.74, 6) is 1.59. The van der Waals surface area contributed by atoms with Crippen molar-refractivity contribution in [2.24, 2.45) is 5.73 Å². The molecule has 0 amide bonds. The zero-order valence-corrected chi connectivity index (χ0v) is 10.6. The highest BCUT2D eigenvalue weighted by molar-refractivity contribution is 5.55. The van der Waals surface area contributed by atoms with E-state index in [2.05, 4.69) is 0 Å². The van der Waals surface area contributed by atoms with Crippen molar-refractivity contribution in [3.05, 3.63) is 23.3 Å². The number of benzene rings is 1. The summed E-state index contributed by atoms with van der Waals surface area (Å²) in [6, 6.07) is 3.88. The SMILES string of the molecule is COCc1ccc(OC)c(C2(N)CC2)c1OC. The Morgan fingerprint density at radius 2 is 1.88 bits per heavy atom. The molecule has 1 fully saturated rings. The fourth-order valence-corrected chi connectivity index (χ4v) is 2.14. The molecule has 0 saturated heterocycles. The van der Waals surface area contributed by atoms with Crippen LogP contribution in [0.5, 0.6) is 11.5 Å². The third kappa shape index (κ3) is 2.10. The van der Waals surface area contributed by atoms with Crippen LogP contribution in [0.2, 0.25) is 0 Å². The first-order chi connectivity index (χ1) is 8.16. The number of hydrogen-bond acceptors (Lipinski definition) is 4. The largest absolute Gasteiger partial charge is 0.496 e. The van der Waals surface area contributed by atoms with E-state index in [-0.39, 0.29) is 5.54 Å². The summed E-state index contributed by atoms with van der Waals surface area (Å²) >= 11 is 0. The smallest absolute Gasteiger partial charge is 0.133 e. The molecule has 4 nitrogen and oxygen atoms in total. The fourth-order valence-electron chi connectivity index (χ4n) is 2.14. The minimum atomic E-state index is -0.291. The van der Waals surface area contributed by atoms with Crippen LogP contribution in [-0.2, 0) is 16.9 Å². The van der Waals surface area contributed by atoms with Gasteiger partial charge in [-0.25, -0.2) is 0 Å². The molecular formula is C13H19NO3. The van der Waals surface area contributed by atoms with Gasteiger partial charge in [-0.15, -0.1) is 0 Å². The van der Waals surface area contributed by atoms with E-state index < -0.39 is 0 Å². The Labute approximate surface area is 102 Å². The predicted molar refractivity (Wildman–Crippen MR) is 65.4 cm³/mol. The number of rotatable bonds is 5. The number of ether oxygens (including phenoxy) is 3. The topological polar surface area (TPSA) is 53.7 Å². The molecule has 0 unspecified atom stereocenters. The van der Waals surface area contributed by atoms with Crippen LogP contribution >= 0.6 is 0 Å². The van der Waals surface area contributed by atoms with E-state index in [1.165, 1.54) is 0 Å². The minimum Gasteiger partial charge on any atom is -0.496 e. The van der Waals surface area contributed by atoms with Crippen molar-refractivity contribution in [1.82, 2.24) is 0 Å². The maximum absolute atomic E-state index is 6.28. The third-order valence-corrected chi connectivity index (χ3v) is 3.21. The number of hydrogen-bond donors (Lipinski definition) is 1. The van der Waals surface area contributed by atoms with Gasteiger partial charge in [0.1, 0.15) is 11.5 Å². The van der Waals surface area contributed by atoms with Crippen LogP contribution in [0.1, 0.15) is 24.0 Å². The van der Waals surface area contributed by atoms with E-state index >= 15 is 0 Å². The van der Waals surface area contributed by atoms with Crippen molar-refractivity contribution >= 4 is 0 Å². The molecule has 94 valence electrons. The Morgan fingerprint density at radius 1 is 1.18 bits per heavy atom. The highest BCUT2D eigenvalue weighted by Crippen LogP contribution is 2.51. The second kappa shape index (κ2) is 4.55. The highest BCUT2D eigenvalue weighted by atomic mass is 16.5. The fraction of sp³-hybridized carbons (Fsp3) is 0.538. The molecule has 0 atom stereocenters. The van der Waals surface area contributed by atoms with Gasteiger partial charge in [-0.3, -0.25) is 0 Å². The molecule has 17 heavy (non-hydrogen) atoms. The number of nitrogens with two attached hydrogens (primary N) is 1. The second-order valence-electron chi connectivity index (χ2n) is 4.42. The van der Waals surface area contributed by atoms with Gasteiger partial charge in [0.05, 0.1) is 26.4 Å². The Hall–Kier alpha value is -1.26. The van der Waals surface area contributed by atoms with Crippen molar-refractivity contribution < 1.29 is 14.2 Å². The Balaban J connectivity index is 2.54. The van der Waals surface area contributed by atoms with Crippen molar-refractivity contribution in [2.75, 3.05) is 21.3 Å². The van der Waals surface area contributed by atoms with Gasteiger partial charge in [-0.05, 0) is 25.0 Å². The lowest BCUT2D eigenvalue weighted by atomic mass is 9.99. The summed E-state index contributed by atoms with van der Waals surface area (Å²) in [5.41, 5.74) is 7.97. The van der Waals surface area contributed by atoms with Crippen LogP contribution in [0.25, 0.3) is 0 Å². The molecule has 1 aliphatic carbocycles. The molecule has 0 heterocycles. The average Bonchev–Trinajstić information content (AvgIpc) is 3.08. The first kappa shape index (κ1) is 12.2. The molecule has 1 aromatic rings. The van der Waals surface area contributed by atoms with E-state index in [9.17, 15) is 0 Å². The lowest BCUT2D eigenvalue weighted by molar-refractivity contribution is 0.181. The van der Waals surface area contributed by atoms with E-state index in [1.54, 1.807) is 21.3 Å². The lowest BCUT2D eigenvalue weighted by Crippen LogP contribution is -2.21. The molecule has 4 heteroatoms. The minimum absolute atomic E-state index is 0.291.